The molecule has 2 N–H and O–H groups in total. The first-order chi connectivity index (χ1) is 6.29. The van der Waals surface area contributed by atoms with Gasteiger partial charge in [0.2, 0.25) is 0 Å². The lowest BCUT2D eigenvalue weighted by atomic mass is 10.1. The van der Waals surface area contributed by atoms with E-state index in [-0.39, 0.29) is 11.8 Å². The first kappa shape index (κ1) is 9.44. The molecule has 13 heavy (non-hydrogen) atoms. The van der Waals surface area contributed by atoms with Gasteiger partial charge in [0.1, 0.15) is 0 Å². The topological polar surface area (TPSA) is 44.5 Å². The van der Waals surface area contributed by atoms with Gasteiger partial charge in [0, 0.05) is 5.54 Å². The van der Waals surface area contributed by atoms with Crippen molar-refractivity contribution in [2.24, 2.45) is 5.73 Å². The third kappa shape index (κ3) is 2.93. The molecule has 0 aromatic heterocycles. The maximum absolute atomic E-state index is 5.98. The molecule has 2 rings (SSSR count). The van der Waals surface area contributed by atoms with Crippen LogP contribution in [-0.4, -0.2) is 25.0 Å². The van der Waals surface area contributed by atoms with Crippen molar-refractivity contribution in [3.05, 3.63) is 0 Å². The Morgan fingerprint density at radius 3 is 2.46 bits per heavy atom. The minimum atomic E-state index is 0.0768. The summed E-state index contributed by atoms with van der Waals surface area (Å²) in [4.78, 5) is 0. The molecule has 0 aromatic rings. The van der Waals surface area contributed by atoms with Crippen LogP contribution in [0.4, 0.5) is 0 Å². The molecule has 0 atom stereocenters. The van der Waals surface area contributed by atoms with E-state index >= 15 is 0 Å². The van der Waals surface area contributed by atoms with E-state index in [4.69, 9.17) is 15.2 Å². The fraction of sp³-hybridized carbons (Fsp3) is 1.00. The molecule has 1 saturated heterocycles. The number of hydrogen-bond acceptors (Lipinski definition) is 3. The Bertz CT molecular complexity index is 162. The van der Waals surface area contributed by atoms with Gasteiger partial charge in [-0.05, 0) is 32.1 Å². The van der Waals surface area contributed by atoms with Crippen LogP contribution in [0.3, 0.4) is 0 Å². The summed E-state index contributed by atoms with van der Waals surface area (Å²) >= 11 is 0. The van der Waals surface area contributed by atoms with Crippen LogP contribution in [0.5, 0.6) is 0 Å². The van der Waals surface area contributed by atoms with Crippen molar-refractivity contribution < 1.29 is 9.47 Å². The third-order valence-electron chi connectivity index (χ3n) is 2.95. The molecule has 0 bridgehead atoms. The normalized spacial score (nSPS) is 26.5. The fourth-order valence-electron chi connectivity index (χ4n) is 1.77. The van der Waals surface area contributed by atoms with E-state index in [0.717, 1.165) is 19.6 Å². The van der Waals surface area contributed by atoms with Crippen molar-refractivity contribution in [3.8, 4) is 0 Å². The SMILES string of the molecule is NC1(CCCCC2OCCO2)CC1. The molecule has 1 aliphatic carbocycles. The van der Waals surface area contributed by atoms with Crippen LogP contribution in [0.15, 0.2) is 0 Å². The van der Waals surface area contributed by atoms with Crippen molar-refractivity contribution in [1.29, 1.82) is 0 Å². The Kier molecular flexibility index (Phi) is 2.86. The van der Waals surface area contributed by atoms with Gasteiger partial charge in [0.15, 0.2) is 6.29 Å². The molecule has 1 heterocycles. The highest BCUT2D eigenvalue weighted by atomic mass is 16.7. The Morgan fingerprint density at radius 1 is 1.15 bits per heavy atom. The molecule has 2 aliphatic rings. The minimum Gasteiger partial charge on any atom is -0.350 e. The Labute approximate surface area is 79.6 Å². The number of nitrogens with two attached hydrogens (primary N) is 1. The third-order valence-corrected chi connectivity index (χ3v) is 2.95. The smallest absolute Gasteiger partial charge is 0.157 e. The van der Waals surface area contributed by atoms with Crippen molar-refractivity contribution in [3.63, 3.8) is 0 Å². The lowest BCUT2D eigenvalue weighted by Crippen LogP contribution is -2.21. The van der Waals surface area contributed by atoms with Crippen LogP contribution in [0.2, 0.25) is 0 Å². The van der Waals surface area contributed by atoms with Crippen LogP contribution >= 0.6 is 0 Å². The molecular formula is C10H19NO2. The molecule has 1 saturated carbocycles. The van der Waals surface area contributed by atoms with Gasteiger partial charge in [-0.1, -0.05) is 6.42 Å². The molecule has 3 nitrogen and oxygen atoms in total. The highest BCUT2D eigenvalue weighted by Gasteiger charge is 2.36. The predicted octanol–water partition coefficient (Wildman–Crippen LogP) is 1.41. The lowest BCUT2D eigenvalue weighted by Gasteiger charge is -2.10. The van der Waals surface area contributed by atoms with Gasteiger partial charge in [-0.2, -0.15) is 0 Å². The van der Waals surface area contributed by atoms with E-state index in [1.807, 2.05) is 0 Å². The first-order valence-corrected chi connectivity index (χ1v) is 5.31. The summed E-state index contributed by atoms with van der Waals surface area (Å²) in [6, 6.07) is 0. The van der Waals surface area contributed by atoms with Crippen molar-refractivity contribution in [2.75, 3.05) is 13.2 Å². The highest BCUT2D eigenvalue weighted by Crippen LogP contribution is 2.37. The van der Waals surface area contributed by atoms with Crippen molar-refractivity contribution in [1.82, 2.24) is 0 Å². The number of hydrogen-bond donors (Lipinski definition) is 1. The predicted molar refractivity (Wildman–Crippen MR) is 50.3 cm³/mol. The van der Waals surface area contributed by atoms with E-state index in [1.54, 1.807) is 0 Å². The van der Waals surface area contributed by atoms with Crippen molar-refractivity contribution in [2.45, 2.75) is 50.4 Å². The average Bonchev–Trinajstić information content (AvgIpc) is 2.69. The van der Waals surface area contributed by atoms with E-state index < -0.39 is 0 Å². The van der Waals surface area contributed by atoms with Crippen LogP contribution in [-0.2, 0) is 9.47 Å². The van der Waals surface area contributed by atoms with E-state index in [1.165, 1.54) is 32.1 Å². The summed E-state index contributed by atoms with van der Waals surface area (Å²) < 4.78 is 10.7. The Hall–Kier alpha value is -0.120. The van der Waals surface area contributed by atoms with Crippen LogP contribution in [0, 0.1) is 0 Å². The molecule has 0 amide bonds. The summed E-state index contributed by atoms with van der Waals surface area (Å²) in [6.45, 7) is 1.54. The quantitative estimate of drug-likeness (QED) is 0.659. The Balaban J connectivity index is 1.48. The monoisotopic (exact) mass is 185 g/mol. The van der Waals surface area contributed by atoms with Gasteiger partial charge in [-0.3, -0.25) is 0 Å². The molecule has 2 fully saturated rings. The number of rotatable bonds is 5. The largest absolute Gasteiger partial charge is 0.350 e. The first-order valence-electron chi connectivity index (χ1n) is 5.31. The molecule has 3 heteroatoms. The van der Waals surface area contributed by atoms with Gasteiger partial charge >= 0.3 is 0 Å². The van der Waals surface area contributed by atoms with E-state index in [0.29, 0.717) is 0 Å². The average molecular weight is 185 g/mol. The van der Waals surface area contributed by atoms with Gasteiger partial charge in [0.05, 0.1) is 13.2 Å². The zero-order valence-corrected chi connectivity index (χ0v) is 8.13. The molecule has 0 aromatic carbocycles. The maximum atomic E-state index is 5.98. The molecule has 1 aliphatic heterocycles. The van der Waals surface area contributed by atoms with Crippen LogP contribution < -0.4 is 5.73 Å². The summed E-state index contributed by atoms with van der Waals surface area (Å²) in [5, 5.41) is 0. The van der Waals surface area contributed by atoms with E-state index in [9.17, 15) is 0 Å². The van der Waals surface area contributed by atoms with Gasteiger partial charge in [-0.15, -0.1) is 0 Å². The second kappa shape index (κ2) is 3.95. The second-order valence-electron chi connectivity index (χ2n) is 4.28. The van der Waals surface area contributed by atoms with Gasteiger partial charge < -0.3 is 15.2 Å². The zero-order valence-electron chi connectivity index (χ0n) is 8.13. The van der Waals surface area contributed by atoms with E-state index in [2.05, 4.69) is 0 Å². The number of ether oxygens (including phenoxy) is 2. The zero-order chi connectivity index (χ0) is 9.15. The molecule has 0 radical (unpaired) electrons. The summed E-state index contributed by atoms with van der Waals surface area (Å²) in [6.07, 6.45) is 7.15. The summed E-state index contributed by atoms with van der Waals surface area (Å²) in [5.41, 5.74) is 6.20. The lowest BCUT2D eigenvalue weighted by molar-refractivity contribution is -0.0480. The van der Waals surface area contributed by atoms with Crippen molar-refractivity contribution >= 4 is 0 Å². The molecule has 76 valence electrons. The maximum Gasteiger partial charge on any atom is 0.157 e. The summed E-state index contributed by atoms with van der Waals surface area (Å²) in [7, 11) is 0. The second-order valence-corrected chi connectivity index (χ2v) is 4.28. The summed E-state index contributed by atoms with van der Waals surface area (Å²) in [5.74, 6) is 0. The van der Waals surface area contributed by atoms with Crippen LogP contribution in [0.1, 0.15) is 38.5 Å². The Morgan fingerprint density at radius 2 is 1.85 bits per heavy atom. The molecule has 0 unspecified atom stereocenters. The number of unbranched alkanes of at least 4 members (excludes halogenated alkanes) is 1. The molecule has 0 spiro atoms. The standard InChI is InChI=1S/C10H19NO2/c11-10(5-6-10)4-2-1-3-9-12-7-8-13-9/h9H,1-8,11H2. The van der Waals surface area contributed by atoms with Crippen LogP contribution in [0.25, 0.3) is 0 Å². The highest BCUT2D eigenvalue weighted by molar-refractivity contribution is 4.97. The molecular weight excluding hydrogens is 166 g/mol. The van der Waals surface area contributed by atoms with Gasteiger partial charge in [0.25, 0.3) is 0 Å². The fourth-order valence-corrected chi connectivity index (χ4v) is 1.77. The minimum absolute atomic E-state index is 0.0768. The van der Waals surface area contributed by atoms with Gasteiger partial charge in [-0.25, -0.2) is 0 Å².